The van der Waals surface area contributed by atoms with Gasteiger partial charge in [0.2, 0.25) is 5.88 Å². The Kier molecular flexibility index (Phi) is 3.02. The molecule has 0 aliphatic carbocycles. The first kappa shape index (κ1) is 9.44. The van der Waals surface area contributed by atoms with Crippen LogP contribution in [-0.2, 0) is 11.1 Å². The first-order valence-corrected chi connectivity index (χ1v) is 4.44. The summed E-state index contributed by atoms with van der Waals surface area (Å²) in [7, 11) is 1.42. The normalized spacial score (nSPS) is 12.6. The zero-order chi connectivity index (χ0) is 9.14. The molecule has 1 atom stereocenters. The molecule has 12 heavy (non-hydrogen) atoms. The van der Waals surface area contributed by atoms with E-state index in [4.69, 9.17) is 20.9 Å². The number of pyridine rings is 1. The minimum Gasteiger partial charge on any atom is -0.480 e. The standard InChI is InChI=1S/C6H6ClNO3S/c1-11-6-5(7)2-4(3-8-6)12(9)10/h2-3H,1H3,(H,9,10). The Morgan fingerprint density at radius 2 is 2.42 bits per heavy atom. The van der Waals surface area contributed by atoms with Crippen molar-refractivity contribution < 1.29 is 13.5 Å². The van der Waals surface area contributed by atoms with Gasteiger partial charge in [-0.15, -0.1) is 0 Å². The lowest BCUT2D eigenvalue weighted by Crippen LogP contribution is -1.93. The number of rotatable bonds is 2. The van der Waals surface area contributed by atoms with Crippen LogP contribution in [-0.4, -0.2) is 20.9 Å². The van der Waals surface area contributed by atoms with Crippen LogP contribution in [0.3, 0.4) is 0 Å². The van der Waals surface area contributed by atoms with Crippen LogP contribution in [0.2, 0.25) is 5.02 Å². The Bertz CT molecular complexity index is 318. The Labute approximate surface area is 76.8 Å². The number of ether oxygens (including phenoxy) is 1. The van der Waals surface area contributed by atoms with Crippen LogP contribution in [0.25, 0.3) is 0 Å². The van der Waals surface area contributed by atoms with Crippen LogP contribution in [0.1, 0.15) is 0 Å². The number of methoxy groups -OCH3 is 1. The molecule has 0 aliphatic heterocycles. The maximum Gasteiger partial charge on any atom is 0.232 e. The molecule has 0 fully saturated rings. The van der Waals surface area contributed by atoms with Crippen molar-refractivity contribution in [3.63, 3.8) is 0 Å². The largest absolute Gasteiger partial charge is 0.480 e. The lowest BCUT2D eigenvalue weighted by atomic mass is 10.5. The predicted octanol–water partition coefficient (Wildman–Crippen LogP) is 1.32. The van der Waals surface area contributed by atoms with Gasteiger partial charge in [0.25, 0.3) is 0 Å². The zero-order valence-electron chi connectivity index (χ0n) is 6.15. The molecule has 1 N–H and O–H groups in total. The molecule has 66 valence electrons. The van der Waals surface area contributed by atoms with E-state index in [-0.39, 0.29) is 15.8 Å². The number of hydrogen-bond acceptors (Lipinski definition) is 3. The second-order valence-corrected chi connectivity index (χ2v) is 3.29. The van der Waals surface area contributed by atoms with E-state index in [2.05, 4.69) is 4.98 Å². The maximum atomic E-state index is 10.5. The smallest absolute Gasteiger partial charge is 0.232 e. The third kappa shape index (κ3) is 1.94. The fraction of sp³-hybridized carbons (Fsp3) is 0.167. The van der Waals surface area contributed by atoms with Crippen LogP contribution in [0, 0.1) is 0 Å². The second-order valence-electron chi connectivity index (χ2n) is 1.91. The lowest BCUT2D eigenvalue weighted by molar-refractivity contribution is 0.397. The van der Waals surface area contributed by atoms with Crippen molar-refractivity contribution >= 4 is 22.7 Å². The third-order valence-electron chi connectivity index (χ3n) is 1.18. The van der Waals surface area contributed by atoms with Crippen LogP contribution >= 0.6 is 11.6 Å². The predicted molar refractivity (Wildman–Crippen MR) is 44.8 cm³/mol. The summed E-state index contributed by atoms with van der Waals surface area (Å²) < 4.78 is 23.9. The molecular formula is C6H6ClNO3S. The number of halogens is 1. The highest BCUT2D eigenvalue weighted by Gasteiger charge is 2.06. The van der Waals surface area contributed by atoms with E-state index in [0.29, 0.717) is 0 Å². The van der Waals surface area contributed by atoms with Gasteiger partial charge in [-0.25, -0.2) is 9.19 Å². The molecule has 0 bridgehead atoms. The first-order chi connectivity index (χ1) is 5.65. The summed E-state index contributed by atoms with van der Waals surface area (Å²) in [5, 5.41) is 0.220. The fourth-order valence-corrected chi connectivity index (χ4v) is 1.32. The Morgan fingerprint density at radius 1 is 1.75 bits per heavy atom. The van der Waals surface area contributed by atoms with Crippen molar-refractivity contribution in [1.82, 2.24) is 4.98 Å². The summed E-state index contributed by atoms with van der Waals surface area (Å²) in [5.41, 5.74) is 0. The summed E-state index contributed by atoms with van der Waals surface area (Å²) >= 11 is 3.59. The quantitative estimate of drug-likeness (QED) is 0.744. The minimum atomic E-state index is -2.05. The van der Waals surface area contributed by atoms with Gasteiger partial charge in [0.05, 0.1) is 12.0 Å². The fourth-order valence-electron chi connectivity index (χ4n) is 0.654. The average molecular weight is 208 g/mol. The molecule has 0 spiro atoms. The van der Waals surface area contributed by atoms with Crippen LogP contribution in [0.5, 0.6) is 5.88 Å². The molecule has 0 amide bonds. The summed E-state index contributed by atoms with van der Waals surface area (Å²) in [6.07, 6.45) is 1.24. The molecule has 0 aromatic carbocycles. The van der Waals surface area contributed by atoms with Crippen molar-refractivity contribution in [2.75, 3.05) is 7.11 Å². The monoisotopic (exact) mass is 207 g/mol. The van der Waals surface area contributed by atoms with Crippen molar-refractivity contribution in [3.05, 3.63) is 17.3 Å². The lowest BCUT2D eigenvalue weighted by Gasteiger charge is -2.01. The van der Waals surface area contributed by atoms with Gasteiger partial charge < -0.3 is 9.29 Å². The van der Waals surface area contributed by atoms with Gasteiger partial charge in [-0.1, -0.05) is 11.6 Å². The molecular weight excluding hydrogens is 202 g/mol. The molecule has 4 nitrogen and oxygen atoms in total. The summed E-state index contributed by atoms with van der Waals surface area (Å²) in [5.74, 6) is 0.242. The third-order valence-corrected chi connectivity index (χ3v) is 2.07. The minimum absolute atomic E-state index is 0.154. The zero-order valence-corrected chi connectivity index (χ0v) is 7.72. The molecule has 0 saturated carbocycles. The molecule has 0 aliphatic rings. The van der Waals surface area contributed by atoms with E-state index in [9.17, 15) is 4.21 Å². The molecule has 1 rings (SSSR count). The van der Waals surface area contributed by atoms with Gasteiger partial charge in [0.15, 0.2) is 11.1 Å². The summed E-state index contributed by atoms with van der Waals surface area (Å²) in [4.78, 5) is 3.86. The van der Waals surface area contributed by atoms with Gasteiger partial charge in [-0.2, -0.15) is 0 Å². The van der Waals surface area contributed by atoms with Gasteiger partial charge >= 0.3 is 0 Å². The first-order valence-electron chi connectivity index (χ1n) is 2.95. The van der Waals surface area contributed by atoms with Crippen LogP contribution < -0.4 is 4.74 Å². The number of nitrogens with zero attached hydrogens (tertiary/aromatic N) is 1. The van der Waals surface area contributed by atoms with E-state index in [1.807, 2.05) is 0 Å². The Balaban J connectivity index is 3.10. The SMILES string of the molecule is COc1ncc(S(=O)O)cc1Cl. The molecule has 1 aromatic rings. The van der Waals surface area contributed by atoms with Crippen LogP contribution in [0.15, 0.2) is 17.2 Å². The molecule has 6 heteroatoms. The second kappa shape index (κ2) is 3.84. The van der Waals surface area contributed by atoms with Crippen molar-refractivity contribution in [3.8, 4) is 5.88 Å². The van der Waals surface area contributed by atoms with Gasteiger partial charge in [-0.05, 0) is 6.07 Å². The maximum absolute atomic E-state index is 10.5. The molecule has 1 unspecified atom stereocenters. The molecule has 0 saturated heterocycles. The number of hydrogen-bond donors (Lipinski definition) is 1. The van der Waals surface area contributed by atoms with E-state index in [1.54, 1.807) is 0 Å². The average Bonchev–Trinajstić information content (AvgIpc) is 2.04. The molecule has 1 aromatic heterocycles. The van der Waals surface area contributed by atoms with Gasteiger partial charge in [0, 0.05) is 6.20 Å². The number of aromatic nitrogens is 1. The highest BCUT2D eigenvalue weighted by atomic mass is 35.5. The van der Waals surface area contributed by atoms with Gasteiger partial charge in [0.1, 0.15) is 5.02 Å². The van der Waals surface area contributed by atoms with E-state index in [1.165, 1.54) is 19.4 Å². The highest BCUT2D eigenvalue weighted by Crippen LogP contribution is 2.22. The topological polar surface area (TPSA) is 59.4 Å². The molecule has 1 heterocycles. The highest BCUT2D eigenvalue weighted by molar-refractivity contribution is 7.79. The Hall–Kier alpha value is -0.650. The van der Waals surface area contributed by atoms with Crippen molar-refractivity contribution in [1.29, 1.82) is 0 Å². The molecule has 0 radical (unpaired) electrons. The Morgan fingerprint density at radius 3 is 2.83 bits per heavy atom. The van der Waals surface area contributed by atoms with E-state index in [0.717, 1.165) is 0 Å². The van der Waals surface area contributed by atoms with Gasteiger partial charge in [-0.3, -0.25) is 0 Å². The van der Waals surface area contributed by atoms with Crippen molar-refractivity contribution in [2.24, 2.45) is 0 Å². The van der Waals surface area contributed by atoms with E-state index < -0.39 is 11.1 Å². The van der Waals surface area contributed by atoms with E-state index >= 15 is 0 Å². The van der Waals surface area contributed by atoms with Crippen molar-refractivity contribution in [2.45, 2.75) is 4.90 Å². The summed E-state index contributed by atoms with van der Waals surface area (Å²) in [6, 6.07) is 1.34. The van der Waals surface area contributed by atoms with Crippen LogP contribution in [0.4, 0.5) is 0 Å². The summed E-state index contributed by atoms with van der Waals surface area (Å²) in [6.45, 7) is 0.